The van der Waals surface area contributed by atoms with Gasteiger partial charge in [-0.25, -0.2) is 14.4 Å². The molecule has 0 radical (unpaired) electrons. The number of carbonyl (C=O) groups excluding carboxylic acids is 3. The molecule has 224 valence electrons. The first kappa shape index (κ1) is 29.3. The monoisotopic (exact) mass is 625 g/mol. The fourth-order valence-electron chi connectivity index (χ4n) is 5.98. The van der Waals surface area contributed by atoms with E-state index in [4.69, 9.17) is 28.9 Å². The molecule has 2 aromatic carbocycles. The number of nitrogen functional groups attached to an aromatic ring is 1. The summed E-state index contributed by atoms with van der Waals surface area (Å²) < 4.78 is 15.1. The predicted octanol–water partition coefficient (Wildman–Crippen LogP) is 4.08. The first-order valence-electron chi connectivity index (χ1n) is 14.1. The number of amides is 3. The normalized spacial score (nSPS) is 19.9. The summed E-state index contributed by atoms with van der Waals surface area (Å²) in [7, 11) is 0. The lowest BCUT2D eigenvalue weighted by Crippen LogP contribution is -2.52. The van der Waals surface area contributed by atoms with Crippen LogP contribution in [0, 0.1) is 5.82 Å². The van der Waals surface area contributed by atoms with Crippen molar-refractivity contribution in [1.29, 1.82) is 0 Å². The highest BCUT2D eigenvalue weighted by Gasteiger charge is 2.40. The van der Waals surface area contributed by atoms with Crippen molar-refractivity contribution in [3.63, 3.8) is 0 Å². The number of piperidine rings is 2. The van der Waals surface area contributed by atoms with Gasteiger partial charge in [-0.05, 0) is 49.4 Å². The van der Waals surface area contributed by atoms with E-state index in [1.54, 1.807) is 24.4 Å². The van der Waals surface area contributed by atoms with Gasteiger partial charge in [-0.1, -0.05) is 41.4 Å². The molecule has 1 unspecified atom stereocenters. The molecule has 0 aliphatic carbocycles. The molecule has 4 heterocycles. The van der Waals surface area contributed by atoms with Gasteiger partial charge in [-0.15, -0.1) is 0 Å². The number of nitrogens with zero attached hydrogens (tertiary/aromatic N) is 4. The van der Waals surface area contributed by atoms with Gasteiger partial charge in [0, 0.05) is 43.7 Å². The fraction of sp³-hybridized carbons (Fsp3) is 0.367. The standard InChI is InChI=1S/C30H30Cl2FN7O3/c1-30(7-9-39(10-8-30)22-14-35-26(27(34)37-22)18-3-2-4-19(31)25(18)32)36-13-16-11-17-15-40(29(43)24(17)20(33)12-16)21-5-6-23(41)38-28(21)42/h2-4,11-12,14,21,36H,5-10,13,15H2,1H3,(H2,34,37)(H,38,41,42). The van der Waals surface area contributed by atoms with E-state index in [2.05, 4.69) is 32.4 Å². The summed E-state index contributed by atoms with van der Waals surface area (Å²) in [6.45, 7) is 4.09. The number of carbonyl (C=O) groups is 3. The number of halogens is 3. The van der Waals surface area contributed by atoms with Crippen LogP contribution < -0.4 is 21.3 Å². The Morgan fingerprint density at radius 1 is 1.19 bits per heavy atom. The lowest BCUT2D eigenvalue weighted by Gasteiger charge is -2.40. The molecule has 2 saturated heterocycles. The van der Waals surface area contributed by atoms with Crippen LogP contribution in [0.5, 0.6) is 0 Å². The number of hydrogen-bond donors (Lipinski definition) is 3. The van der Waals surface area contributed by atoms with E-state index in [-0.39, 0.29) is 42.2 Å². The molecule has 3 aliphatic heterocycles. The van der Waals surface area contributed by atoms with E-state index in [9.17, 15) is 14.4 Å². The molecule has 2 fully saturated rings. The first-order valence-corrected chi connectivity index (χ1v) is 14.8. The summed E-state index contributed by atoms with van der Waals surface area (Å²) in [4.78, 5) is 49.4. The molecule has 1 atom stereocenters. The summed E-state index contributed by atoms with van der Waals surface area (Å²) in [5.41, 5.74) is 8.41. The van der Waals surface area contributed by atoms with Crippen molar-refractivity contribution >= 4 is 52.6 Å². The summed E-state index contributed by atoms with van der Waals surface area (Å²) in [5, 5.41) is 6.63. The van der Waals surface area contributed by atoms with E-state index in [1.807, 2.05) is 6.07 Å². The van der Waals surface area contributed by atoms with Crippen molar-refractivity contribution in [2.75, 3.05) is 23.7 Å². The van der Waals surface area contributed by atoms with Crippen LogP contribution in [0.3, 0.4) is 0 Å². The smallest absolute Gasteiger partial charge is 0.258 e. The number of anilines is 2. The molecular weight excluding hydrogens is 596 g/mol. The van der Waals surface area contributed by atoms with Crippen molar-refractivity contribution in [3.05, 3.63) is 69.1 Å². The van der Waals surface area contributed by atoms with E-state index >= 15 is 4.39 Å². The average Bonchev–Trinajstić information content (AvgIpc) is 3.30. The molecule has 10 nitrogen and oxygen atoms in total. The van der Waals surface area contributed by atoms with Crippen LogP contribution >= 0.6 is 23.2 Å². The zero-order valence-corrected chi connectivity index (χ0v) is 24.9. The quantitative estimate of drug-likeness (QED) is 0.349. The molecule has 13 heteroatoms. The summed E-state index contributed by atoms with van der Waals surface area (Å²) >= 11 is 12.5. The maximum absolute atomic E-state index is 15.1. The summed E-state index contributed by atoms with van der Waals surface area (Å²) in [6.07, 6.45) is 3.66. The van der Waals surface area contributed by atoms with Crippen molar-refractivity contribution in [1.82, 2.24) is 25.5 Å². The summed E-state index contributed by atoms with van der Waals surface area (Å²) in [6, 6.07) is 7.69. The maximum atomic E-state index is 15.1. The first-order chi connectivity index (χ1) is 20.5. The Morgan fingerprint density at radius 3 is 2.67 bits per heavy atom. The minimum atomic E-state index is -0.784. The number of rotatable bonds is 6. The molecule has 3 aliphatic rings. The molecule has 4 N–H and O–H groups in total. The van der Waals surface area contributed by atoms with Crippen molar-refractivity contribution in [2.45, 2.75) is 57.3 Å². The average molecular weight is 627 g/mol. The zero-order chi connectivity index (χ0) is 30.5. The minimum Gasteiger partial charge on any atom is -0.382 e. The number of nitrogens with one attached hydrogen (secondary N) is 2. The number of hydrogen-bond acceptors (Lipinski definition) is 8. The second-order valence-corrected chi connectivity index (χ2v) is 12.3. The molecule has 6 rings (SSSR count). The minimum absolute atomic E-state index is 0.00277. The van der Waals surface area contributed by atoms with Crippen molar-refractivity contribution in [3.8, 4) is 11.3 Å². The molecular formula is C30H30Cl2FN7O3. The largest absolute Gasteiger partial charge is 0.382 e. The van der Waals surface area contributed by atoms with Gasteiger partial charge in [-0.3, -0.25) is 19.7 Å². The predicted molar refractivity (Wildman–Crippen MR) is 161 cm³/mol. The van der Waals surface area contributed by atoms with Gasteiger partial charge in [0.05, 0.1) is 21.8 Å². The Hall–Kier alpha value is -3.80. The SMILES string of the molecule is CC1(NCc2cc(F)c3c(c2)CN(C2CCC(=O)NC2=O)C3=O)CCN(c2cnc(-c3cccc(Cl)c3Cl)c(N)n2)CC1. The molecule has 0 spiro atoms. The van der Waals surface area contributed by atoms with Crippen LogP contribution in [0.1, 0.15) is 54.1 Å². The van der Waals surface area contributed by atoms with Crippen molar-refractivity contribution < 1.29 is 18.8 Å². The van der Waals surface area contributed by atoms with E-state index < -0.39 is 23.7 Å². The number of benzene rings is 2. The molecule has 3 amide bonds. The Morgan fingerprint density at radius 2 is 1.95 bits per heavy atom. The topological polar surface area (TPSA) is 134 Å². The summed E-state index contributed by atoms with van der Waals surface area (Å²) in [5.74, 6) is -1.07. The van der Waals surface area contributed by atoms with Crippen LogP contribution in [0.4, 0.5) is 16.0 Å². The Labute approximate surface area is 257 Å². The van der Waals surface area contributed by atoms with E-state index in [0.29, 0.717) is 57.9 Å². The van der Waals surface area contributed by atoms with E-state index in [0.717, 1.165) is 12.8 Å². The number of fused-ring (bicyclic) bond motifs is 1. The Bertz CT molecular complexity index is 1640. The highest BCUT2D eigenvalue weighted by atomic mass is 35.5. The third-order valence-corrected chi connectivity index (χ3v) is 9.36. The highest BCUT2D eigenvalue weighted by Crippen LogP contribution is 2.36. The molecule has 1 aromatic heterocycles. The number of nitrogens with two attached hydrogens (primary N) is 1. The Kier molecular flexibility index (Phi) is 7.74. The number of aromatic nitrogens is 2. The van der Waals surface area contributed by atoms with Gasteiger partial charge in [-0.2, -0.15) is 0 Å². The van der Waals surface area contributed by atoms with Crippen molar-refractivity contribution in [2.24, 2.45) is 0 Å². The van der Waals surface area contributed by atoms with Crippen LogP contribution in [0.25, 0.3) is 11.3 Å². The maximum Gasteiger partial charge on any atom is 0.258 e. The Balaban J connectivity index is 1.08. The van der Waals surface area contributed by atoms with Gasteiger partial charge in [0.15, 0.2) is 5.82 Å². The van der Waals surface area contributed by atoms with Crippen LogP contribution in [0.2, 0.25) is 10.0 Å². The lowest BCUT2D eigenvalue weighted by atomic mass is 9.89. The van der Waals surface area contributed by atoms with Gasteiger partial charge < -0.3 is 20.9 Å². The van der Waals surface area contributed by atoms with Gasteiger partial charge >= 0.3 is 0 Å². The van der Waals surface area contributed by atoms with Crippen LogP contribution in [-0.4, -0.2) is 57.3 Å². The van der Waals surface area contributed by atoms with E-state index in [1.165, 1.54) is 11.0 Å². The second-order valence-electron chi connectivity index (χ2n) is 11.5. The fourth-order valence-corrected chi connectivity index (χ4v) is 6.37. The van der Waals surface area contributed by atoms with Gasteiger partial charge in [0.1, 0.15) is 23.4 Å². The molecule has 43 heavy (non-hydrogen) atoms. The van der Waals surface area contributed by atoms with Crippen LogP contribution in [0.15, 0.2) is 36.5 Å². The second kappa shape index (κ2) is 11.4. The highest BCUT2D eigenvalue weighted by molar-refractivity contribution is 6.43. The van der Waals surface area contributed by atoms with Gasteiger partial charge in [0.2, 0.25) is 11.8 Å². The van der Waals surface area contributed by atoms with Gasteiger partial charge in [0.25, 0.3) is 5.91 Å². The van der Waals surface area contributed by atoms with Crippen LogP contribution in [-0.2, 0) is 22.7 Å². The zero-order valence-electron chi connectivity index (χ0n) is 23.4. The third-order valence-electron chi connectivity index (χ3n) is 8.54. The third kappa shape index (κ3) is 5.64. The lowest BCUT2D eigenvalue weighted by molar-refractivity contribution is -0.136. The molecule has 3 aromatic rings. The molecule has 0 saturated carbocycles. The molecule has 0 bridgehead atoms. The number of imide groups is 1.